The predicted molar refractivity (Wildman–Crippen MR) is 66.4 cm³/mol. The summed E-state index contributed by atoms with van der Waals surface area (Å²) in [6.45, 7) is 5.52. The zero-order chi connectivity index (χ0) is 13.3. The monoisotopic (exact) mass is 242 g/mol. The lowest BCUT2D eigenvalue weighted by Crippen LogP contribution is -2.09. The van der Waals surface area contributed by atoms with Gasteiger partial charge in [0, 0.05) is 12.1 Å². The van der Waals surface area contributed by atoms with E-state index in [0.29, 0.717) is 29.0 Å². The molecule has 2 heterocycles. The van der Waals surface area contributed by atoms with Gasteiger partial charge in [0.1, 0.15) is 17.3 Å². The van der Waals surface area contributed by atoms with Crippen molar-refractivity contribution in [2.75, 3.05) is 0 Å². The largest absolute Gasteiger partial charge is 0.292 e. The summed E-state index contributed by atoms with van der Waals surface area (Å²) in [4.78, 5) is 16.3. The first-order valence-electron chi connectivity index (χ1n) is 5.94. The molecule has 0 radical (unpaired) electrons. The molecular weight excluding hydrogens is 228 g/mol. The Kier molecular flexibility index (Phi) is 3.11. The molecule has 0 saturated carbocycles. The van der Waals surface area contributed by atoms with E-state index in [2.05, 4.69) is 16.2 Å². The molecule has 0 atom stereocenters. The van der Waals surface area contributed by atoms with Crippen LogP contribution in [0.4, 0.5) is 0 Å². The van der Waals surface area contributed by atoms with E-state index < -0.39 is 0 Å². The summed E-state index contributed by atoms with van der Waals surface area (Å²) in [6, 6.07) is 3.85. The number of nitrogens with zero attached hydrogens (tertiary/aromatic N) is 4. The number of carbonyl (C=O) groups is 1. The lowest BCUT2D eigenvalue weighted by Gasteiger charge is -2.04. The highest BCUT2D eigenvalue weighted by Crippen LogP contribution is 2.16. The Morgan fingerprint density at radius 3 is 2.78 bits per heavy atom. The van der Waals surface area contributed by atoms with Gasteiger partial charge >= 0.3 is 0 Å². The van der Waals surface area contributed by atoms with Crippen molar-refractivity contribution in [1.29, 1.82) is 5.26 Å². The molecule has 2 aromatic rings. The van der Waals surface area contributed by atoms with Gasteiger partial charge in [0.2, 0.25) is 0 Å². The second kappa shape index (κ2) is 4.57. The summed E-state index contributed by atoms with van der Waals surface area (Å²) in [5, 5.41) is 13.4. The molecule has 5 heteroatoms. The lowest BCUT2D eigenvalue weighted by molar-refractivity contribution is 0.0980. The first kappa shape index (κ1) is 12.2. The average molecular weight is 242 g/mol. The zero-order valence-corrected chi connectivity index (χ0v) is 10.7. The van der Waals surface area contributed by atoms with E-state index in [1.54, 1.807) is 13.0 Å². The van der Waals surface area contributed by atoms with Gasteiger partial charge in [-0.05, 0) is 19.4 Å². The second-order valence-corrected chi connectivity index (χ2v) is 4.07. The fourth-order valence-electron chi connectivity index (χ4n) is 1.87. The third kappa shape index (κ3) is 1.76. The van der Waals surface area contributed by atoms with Crippen LogP contribution in [0, 0.1) is 18.3 Å². The standard InChI is InChI=1S/C13H14N4O/c1-4-9-6-11(12(18)5-2)17-13(15-9)10(7-14)8(3)16-17/h6H,4-5H2,1-3H3. The molecule has 92 valence electrons. The Morgan fingerprint density at radius 1 is 1.50 bits per heavy atom. The van der Waals surface area contributed by atoms with Crippen molar-refractivity contribution in [2.45, 2.75) is 33.6 Å². The molecule has 18 heavy (non-hydrogen) atoms. The van der Waals surface area contributed by atoms with E-state index in [1.165, 1.54) is 4.52 Å². The first-order valence-corrected chi connectivity index (χ1v) is 5.94. The molecule has 0 amide bonds. The maximum Gasteiger partial charge on any atom is 0.181 e. The summed E-state index contributed by atoms with van der Waals surface area (Å²) in [5.41, 5.74) is 2.82. The van der Waals surface area contributed by atoms with Crippen molar-refractivity contribution < 1.29 is 4.79 Å². The van der Waals surface area contributed by atoms with E-state index >= 15 is 0 Å². The van der Waals surface area contributed by atoms with Gasteiger partial charge in [0.25, 0.3) is 0 Å². The minimum atomic E-state index is 0.00379. The van der Waals surface area contributed by atoms with Gasteiger partial charge in [-0.3, -0.25) is 4.79 Å². The molecule has 0 aromatic carbocycles. The van der Waals surface area contributed by atoms with Crippen LogP contribution in [0.3, 0.4) is 0 Å². The van der Waals surface area contributed by atoms with E-state index in [-0.39, 0.29) is 5.78 Å². The normalized spacial score (nSPS) is 10.6. The molecule has 0 bridgehead atoms. The molecule has 5 nitrogen and oxygen atoms in total. The third-order valence-corrected chi connectivity index (χ3v) is 2.90. The Balaban J connectivity index is 2.85. The van der Waals surface area contributed by atoms with E-state index in [4.69, 9.17) is 5.26 Å². The van der Waals surface area contributed by atoms with Crippen LogP contribution < -0.4 is 0 Å². The fraction of sp³-hybridized carbons (Fsp3) is 0.385. The fourth-order valence-corrected chi connectivity index (χ4v) is 1.87. The van der Waals surface area contributed by atoms with Gasteiger partial charge in [-0.2, -0.15) is 10.4 Å². The van der Waals surface area contributed by atoms with E-state index in [9.17, 15) is 4.79 Å². The van der Waals surface area contributed by atoms with E-state index in [0.717, 1.165) is 12.1 Å². The van der Waals surface area contributed by atoms with Crippen LogP contribution in [-0.2, 0) is 6.42 Å². The van der Waals surface area contributed by atoms with Crippen molar-refractivity contribution in [1.82, 2.24) is 14.6 Å². The van der Waals surface area contributed by atoms with Crippen molar-refractivity contribution in [3.63, 3.8) is 0 Å². The molecule has 0 aliphatic rings. The topological polar surface area (TPSA) is 71.0 Å². The summed E-state index contributed by atoms with van der Waals surface area (Å²) < 4.78 is 1.48. The Hall–Kier alpha value is -2.22. The molecule has 2 rings (SSSR count). The smallest absolute Gasteiger partial charge is 0.181 e. The zero-order valence-electron chi connectivity index (χ0n) is 10.7. The predicted octanol–water partition coefficient (Wildman–Crippen LogP) is 2.06. The number of rotatable bonds is 3. The summed E-state index contributed by atoms with van der Waals surface area (Å²) in [7, 11) is 0. The maximum atomic E-state index is 11.9. The Labute approximate surface area is 105 Å². The molecule has 0 saturated heterocycles. The highest BCUT2D eigenvalue weighted by molar-refractivity contribution is 5.95. The number of hydrogen-bond donors (Lipinski definition) is 0. The average Bonchev–Trinajstić information content (AvgIpc) is 2.71. The highest BCUT2D eigenvalue weighted by Gasteiger charge is 2.17. The Morgan fingerprint density at radius 2 is 2.22 bits per heavy atom. The molecular formula is C13H14N4O. The lowest BCUT2D eigenvalue weighted by atomic mass is 10.2. The number of nitriles is 1. The first-order chi connectivity index (χ1) is 8.62. The van der Waals surface area contributed by atoms with Crippen LogP contribution in [0.5, 0.6) is 0 Å². The van der Waals surface area contributed by atoms with Gasteiger partial charge < -0.3 is 0 Å². The van der Waals surface area contributed by atoms with Gasteiger partial charge in [0.15, 0.2) is 11.4 Å². The quantitative estimate of drug-likeness (QED) is 0.772. The molecule has 0 aliphatic carbocycles. The second-order valence-electron chi connectivity index (χ2n) is 4.07. The molecule has 2 aromatic heterocycles. The van der Waals surface area contributed by atoms with Crippen LogP contribution >= 0.6 is 0 Å². The number of Topliss-reactive ketones (excluding diaryl/α,β-unsaturated/α-hetero) is 1. The highest BCUT2D eigenvalue weighted by atomic mass is 16.1. The number of ketones is 1. The van der Waals surface area contributed by atoms with Crippen molar-refractivity contribution in [3.05, 3.63) is 28.7 Å². The summed E-state index contributed by atoms with van der Waals surface area (Å²) in [6.07, 6.45) is 1.12. The molecule has 0 fully saturated rings. The van der Waals surface area contributed by atoms with Crippen LogP contribution in [0.1, 0.15) is 47.7 Å². The third-order valence-electron chi connectivity index (χ3n) is 2.90. The van der Waals surface area contributed by atoms with Crippen LogP contribution in [-0.4, -0.2) is 20.4 Å². The minimum Gasteiger partial charge on any atom is -0.292 e. The van der Waals surface area contributed by atoms with Crippen LogP contribution in [0.15, 0.2) is 6.07 Å². The number of fused-ring (bicyclic) bond motifs is 1. The van der Waals surface area contributed by atoms with Crippen molar-refractivity contribution >= 4 is 11.4 Å². The molecule has 0 N–H and O–H groups in total. The minimum absolute atomic E-state index is 0.00379. The Bertz CT molecular complexity index is 664. The van der Waals surface area contributed by atoms with Gasteiger partial charge in [-0.25, -0.2) is 9.50 Å². The number of carbonyl (C=O) groups excluding carboxylic acids is 1. The molecule has 0 unspecified atom stereocenters. The number of aromatic nitrogens is 3. The summed E-state index contributed by atoms with van der Waals surface area (Å²) >= 11 is 0. The van der Waals surface area contributed by atoms with Crippen molar-refractivity contribution in [3.8, 4) is 6.07 Å². The number of hydrogen-bond acceptors (Lipinski definition) is 4. The van der Waals surface area contributed by atoms with Crippen LogP contribution in [0.25, 0.3) is 5.65 Å². The van der Waals surface area contributed by atoms with Gasteiger partial charge in [-0.1, -0.05) is 13.8 Å². The van der Waals surface area contributed by atoms with Gasteiger partial charge in [-0.15, -0.1) is 0 Å². The molecule has 0 aliphatic heterocycles. The van der Waals surface area contributed by atoms with Crippen molar-refractivity contribution in [2.24, 2.45) is 0 Å². The number of aryl methyl sites for hydroxylation is 2. The summed E-state index contributed by atoms with van der Waals surface area (Å²) in [5.74, 6) is 0.00379. The van der Waals surface area contributed by atoms with Gasteiger partial charge in [0.05, 0.1) is 5.69 Å². The SMILES string of the molecule is CCC(=O)c1cc(CC)nc2c(C#N)c(C)nn12. The van der Waals surface area contributed by atoms with E-state index in [1.807, 2.05) is 13.8 Å². The maximum absolute atomic E-state index is 11.9. The van der Waals surface area contributed by atoms with Crippen LogP contribution in [0.2, 0.25) is 0 Å². The molecule has 0 spiro atoms.